The van der Waals surface area contributed by atoms with Crippen LogP contribution >= 0.6 is 23.1 Å². The van der Waals surface area contributed by atoms with Gasteiger partial charge in [0, 0.05) is 13.1 Å². The number of carbonyl (C=O) groups excluding carboxylic acids is 1. The number of carbonyl (C=O) groups is 1. The molecule has 0 aliphatic carbocycles. The van der Waals surface area contributed by atoms with Gasteiger partial charge >= 0.3 is 0 Å². The molecule has 1 amide bonds. The first-order chi connectivity index (χ1) is 14.2. The lowest BCUT2D eigenvalue weighted by Gasteiger charge is -2.18. The van der Waals surface area contributed by atoms with E-state index in [-0.39, 0.29) is 5.91 Å². The molecular formula is C20H22N4O3S2. The van der Waals surface area contributed by atoms with Gasteiger partial charge in [-0.15, -0.1) is 21.5 Å². The van der Waals surface area contributed by atoms with Crippen LogP contribution in [0.1, 0.15) is 12.5 Å². The molecule has 0 saturated carbocycles. The van der Waals surface area contributed by atoms with Gasteiger partial charge in [0.15, 0.2) is 22.5 Å². The second-order valence-corrected chi connectivity index (χ2v) is 8.28. The number of benzene rings is 1. The Labute approximate surface area is 177 Å². The molecule has 1 aliphatic heterocycles. The van der Waals surface area contributed by atoms with E-state index in [4.69, 9.17) is 9.47 Å². The predicted molar refractivity (Wildman–Crippen MR) is 114 cm³/mol. The summed E-state index contributed by atoms with van der Waals surface area (Å²) in [5.41, 5.74) is 1.11. The Hall–Kier alpha value is -2.52. The predicted octanol–water partition coefficient (Wildman–Crippen LogP) is 3.25. The number of nitrogens with zero attached hydrogens (tertiary/aromatic N) is 3. The summed E-state index contributed by atoms with van der Waals surface area (Å²) in [6.45, 7) is 4.54. The third-order valence-electron chi connectivity index (χ3n) is 4.45. The van der Waals surface area contributed by atoms with E-state index >= 15 is 0 Å². The molecule has 3 heterocycles. The van der Waals surface area contributed by atoms with Crippen LogP contribution < -0.4 is 14.8 Å². The van der Waals surface area contributed by atoms with E-state index in [1.165, 1.54) is 11.8 Å². The highest BCUT2D eigenvalue weighted by molar-refractivity contribution is 7.99. The molecule has 1 aromatic carbocycles. The maximum absolute atomic E-state index is 12.2. The topological polar surface area (TPSA) is 78.3 Å². The third kappa shape index (κ3) is 4.73. The zero-order valence-electron chi connectivity index (χ0n) is 16.1. The number of fused-ring (bicyclic) bond motifs is 1. The molecule has 0 unspecified atom stereocenters. The van der Waals surface area contributed by atoms with Gasteiger partial charge in [-0.3, -0.25) is 4.79 Å². The lowest BCUT2D eigenvalue weighted by atomic mass is 10.1. The molecule has 9 heteroatoms. The highest BCUT2D eigenvalue weighted by atomic mass is 32.2. The van der Waals surface area contributed by atoms with E-state index in [2.05, 4.69) is 22.4 Å². The minimum Gasteiger partial charge on any atom is -0.486 e. The highest BCUT2D eigenvalue weighted by Crippen LogP contribution is 2.31. The normalized spacial score (nSPS) is 12.7. The van der Waals surface area contributed by atoms with Crippen LogP contribution in [0.5, 0.6) is 11.5 Å². The van der Waals surface area contributed by atoms with Crippen molar-refractivity contribution < 1.29 is 14.3 Å². The van der Waals surface area contributed by atoms with Crippen LogP contribution in [-0.2, 0) is 17.8 Å². The molecule has 0 radical (unpaired) electrons. The molecule has 0 atom stereocenters. The SMILES string of the molecule is CCn1c(SCC(=O)NCCc2ccc3c(c2)OCCO3)nnc1-c1cccs1. The van der Waals surface area contributed by atoms with Crippen LogP contribution in [0.4, 0.5) is 0 Å². The minimum atomic E-state index is -0.0177. The van der Waals surface area contributed by atoms with Crippen molar-refractivity contribution in [1.29, 1.82) is 0 Å². The number of rotatable bonds is 8. The van der Waals surface area contributed by atoms with Crippen molar-refractivity contribution in [2.45, 2.75) is 25.0 Å². The van der Waals surface area contributed by atoms with E-state index in [0.717, 1.165) is 45.9 Å². The lowest BCUT2D eigenvalue weighted by molar-refractivity contribution is -0.118. The average molecular weight is 431 g/mol. The monoisotopic (exact) mass is 430 g/mol. The van der Waals surface area contributed by atoms with E-state index in [1.807, 2.05) is 40.3 Å². The van der Waals surface area contributed by atoms with Crippen molar-refractivity contribution >= 4 is 29.0 Å². The smallest absolute Gasteiger partial charge is 0.230 e. The molecule has 152 valence electrons. The molecule has 0 spiro atoms. The summed E-state index contributed by atoms with van der Waals surface area (Å²) in [4.78, 5) is 13.3. The summed E-state index contributed by atoms with van der Waals surface area (Å²) in [7, 11) is 0. The fourth-order valence-corrected chi connectivity index (χ4v) is 4.59. The van der Waals surface area contributed by atoms with E-state index in [1.54, 1.807) is 11.3 Å². The highest BCUT2D eigenvalue weighted by Gasteiger charge is 2.15. The number of aromatic nitrogens is 3. The van der Waals surface area contributed by atoms with E-state index in [0.29, 0.717) is 25.5 Å². The number of hydrogen-bond donors (Lipinski definition) is 1. The summed E-state index contributed by atoms with van der Waals surface area (Å²) in [6, 6.07) is 9.93. The minimum absolute atomic E-state index is 0.0177. The third-order valence-corrected chi connectivity index (χ3v) is 6.28. The molecule has 7 nitrogen and oxygen atoms in total. The van der Waals surface area contributed by atoms with Crippen molar-refractivity contribution in [1.82, 2.24) is 20.1 Å². The van der Waals surface area contributed by atoms with Gasteiger partial charge in [-0.25, -0.2) is 0 Å². The number of nitrogens with one attached hydrogen (secondary N) is 1. The Balaban J connectivity index is 1.26. The summed E-state index contributed by atoms with van der Waals surface area (Å²) in [5, 5.41) is 14.3. The maximum Gasteiger partial charge on any atom is 0.230 e. The Bertz CT molecular complexity index is 972. The van der Waals surface area contributed by atoms with Gasteiger partial charge in [-0.1, -0.05) is 23.9 Å². The van der Waals surface area contributed by atoms with Gasteiger partial charge in [0.2, 0.25) is 5.91 Å². The Kier molecular flexibility index (Phi) is 6.36. The number of thiophene rings is 1. The van der Waals surface area contributed by atoms with Gasteiger partial charge < -0.3 is 19.4 Å². The number of hydrogen-bond acceptors (Lipinski definition) is 7. The molecule has 4 rings (SSSR count). The standard InChI is InChI=1S/C20H22N4O3S2/c1-2-24-19(17-4-3-11-28-17)22-23-20(24)29-13-18(25)21-8-7-14-5-6-15-16(12-14)27-10-9-26-15/h3-6,11-12H,2,7-10,13H2,1H3,(H,21,25). The Morgan fingerprint density at radius 2 is 2.10 bits per heavy atom. The first-order valence-corrected chi connectivity index (χ1v) is 11.4. The van der Waals surface area contributed by atoms with Crippen LogP contribution in [0.25, 0.3) is 10.7 Å². The van der Waals surface area contributed by atoms with Gasteiger partial charge in [0.1, 0.15) is 13.2 Å². The molecule has 0 saturated heterocycles. The lowest BCUT2D eigenvalue weighted by Crippen LogP contribution is -2.27. The van der Waals surface area contributed by atoms with Crippen molar-refractivity contribution in [2.75, 3.05) is 25.5 Å². The van der Waals surface area contributed by atoms with Gasteiger partial charge in [-0.05, 0) is 42.5 Å². The van der Waals surface area contributed by atoms with Gasteiger partial charge in [0.25, 0.3) is 0 Å². The summed E-state index contributed by atoms with van der Waals surface area (Å²) < 4.78 is 13.2. The Morgan fingerprint density at radius 1 is 1.24 bits per heavy atom. The molecule has 0 bridgehead atoms. The molecule has 1 N–H and O–H groups in total. The molecule has 2 aromatic heterocycles. The molecule has 1 aliphatic rings. The molecule has 0 fully saturated rings. The largest absolute Gasteiger partial charge is 0.486 e. The molecule has 3 aromatic rings. The first kappa shape index (κ1) is 19.8. The van der Waals surface area contributed by atoms with Crippen LogP contribution in [0, 0.1) is 0 Å². The van der Waals surface area contributed by atoms with Crippen molar-refractivity contribution in [3.05, 3.63) is 41.3 Å². The van der Waals surface area contributed by atoms with E-state index in [9.17, 15) is 4.79 Å². The number of thioether (sulfide) groups is 1. The maximum atomic E-state index is 12.2. The number of amides is 1. The van der Waals surface area contributed by atoms with Crippen molar-refractivity contribution in [3.8, 4) is 22.2 Å². The fourth-order valence-electron chi connectivity index (χ4n) is 3.04. The van der Waals surface area contributed by atoms with Gasteiger partial charge in [0.05, 0.1) is 10.6 Å². The summed E-state index contributed by atoms with van der Waals surface area (Å²) >= 11 is 3.04. The fraction of sp³-hybridized carbons (Fsp3) is 0.350. The zero-order valence-corrected chi connectivity index (χ0v) is 17.7. The van der Waals surface area contributed by atoms with Crippen LogP contribution in [0.3, 0.4) is 0 Å². The van der Waals surface area contributed by atoms with Crippen molar-refractivity contribution in [3.63, 3.8) is 0 Å². The molecule has 29 heavy (non-hydrogen) atoms. The number of ether oxygens (including phenoxy) is 2. The summed E-state index contributed by atoms with van der Waals surface area (Å²) in [5.74, 6) is 2.70. The first-order valence-electron chi connectivity index (χ1n) is 9.49. The van der Waals surface area contributed by atoms with Crippen molar-refractivity contribution in [2.24, 2.45) is 0 Å². The summed E-state index contributed by atoms with van der Waals surface area (Å²) in [6.07, 6.45) is 0.737. The Morgan fingerprint density at radius 3 is 2.90 bits per heavy atom. The quantitative estimate of drug-likeness (QED) is 0.553. The van der Waals surface area contributed by atoms with Crippen LogP contribution in [-0.4, -0.2) is 46.2 Å². The second kappa shape index (κ2) is 9.32. The second-order valence-electron chi connectivity index (χ2n) is 6.39. The molecular weight excluding hydrogens is 408 g/mol. The van der Waals surface area contributed by atoms with Crippen LogP contribution in [0.15, 0.2) is 40.9 Å². The van der Waals surface area contributed by atoms with E-state index < -0.39 is 0 Å². The van der Waals surface area contributed by atoms with Gasteiger partial charge in [-0.2, -0.15) is 0 Å². The van der Waals surface area contributed by atoms with Crippen LogP contribution in [0.2, 0.25) is 0 Å². The average Bonchev–Trinajstić information content (AvgIpc) is 3.41. The zero-order chi connectivity index (χ0) is 20.1.